The van der Waals surface area contributed by atoms with Gasteiger partial charge >= 0.3 is 6.03 Å². The van der Waals surface area contributed by atoms with E-state index in [4.69, 9.17) is 4.74 Å². The molecule has 2 heterocycles. The number of alkyl halides is 2. The zero-order valence-corrected chi connectivity index (χ0v) is 12.8. The van der Waals surface area contributed by atoms with Gasteiger partial charge in [-0.1, -0.05) is 6.07 Å². The Labute approximate surface area is 135 Å². The highest BCUT2D eigenvalue weighted by Gasteiger charge is 2.25. The summed E-state index contributed by atoms with van der Waals surface area (Å²) in [5, 5.41) is 6.03. The lowest BCUT2D eigenvalue weighted by Crippen LogP contribution is -2.36. The molecule has 0 aliphatic carbocycles. The number of benzene rings is 1. The van der Waals surface area contributed by atoms with Gasteiger partial charge in [-0.3, -0.25) is 4.68 Å². The summed E-state index contributed by atoms with van der Waals surface area (Å²) in [5.41, 5.74) is -0.328. The molecule has 0 saturated carbocycles. The number of anilines is 1. The molecule has 1 aliphatic heterocycles. The van der Waals surface area contributed by atoms with Gasteiger partial charge in [0.15, 0.2) is 5.69 Å². The Morgan fingerprint density at radius 1 is 1.42 bits per heavy atom. The molecule has 9 heteroatoms. The van der Waals surface area contributed by atoms with E-state index >= 15 is 0 Å². The molecule has 0 atom stereocenters. The Hall–Kier alpha value is -2.71. The third kappa shape index (κ3) is 3.15. The second-order valence-electron chi connectivity index (χ2n) is 5.32. The maximum absolute atomic E-state index is 13.9. The predicted octanol–water partition coefficient (Wildman–Crippen LogP) is 2.92. The molecule has 1 aliphatic rings. The van der Waals surface area contributed by atoms with Crippen LogP contribution in [0.4, 0.5) is 23.7 Å². The van der Waals surface area contributed by atoms with Gasteiger partial charge in [-0.25, -0.2) is 18.0 Å². The van der Waals surface area contributed by atoms with Crippen molar-refractivity contribution in [2.24, 2.45) is 7.05 Å². The van der Waals surface area contributed by atoms with Crippen molar-refractivity contribution < 1.29 is 22.7 Å². The number of halogens is 3. The van der Waals surface area contributed by atoms with Crippen LogP contribution in [0, 0.1) is 5.82 Å². The van der Waals surface area contributed by atoms with Crippen LogP contribution < -0.4 is 10.1 Å². The molecule has 6 nitrogen and oxygen atoms in total. The van der Waals surface area contributed by atoms with E-state index in [1.54, 1.807) is 6.07 Å². The van der Waals surface area contributed by atoms with Crippen molar-refractivity contribution in [3.8, 4) is 5.75 Å². The molecule has 0 spiro atoms. The minimum Gasteiger partial charge on any atom is -0.491 e. The highest BCUT2D eigenvalue weighted by atomic mass is 19.3. The van der Waals surface area contributed by atoms with Crippen molar-refractivity contribution in [1.82, 2.24) is 14.7 Å². The van der Waals surface area contributed by atoms with Crippen molar-refractivity contribution in [2.45, 2.75) is 13.0 Å². The highest BCUT2D eigenvalue weighted by Crippen LogP contribution is 2.28. The first kappa shape index (κ1) is 16.2. The van der Waals surface area contributed by atoms with Gasteiger partial charge in [0.1, 0.15) is 18.2 Å². The molecule has 1 aromatic carbocycles. The summed E-state index contributed by atoms with van der Waals surface area (Å²) in [5.74, 6) is -0.109. The molecule has 0 unspecified atom stereocenters. The number of carbonyl (C=O) groups is 1. The number of ether oxygens (including phenoxy) is 1. The molecule has 24 heavy (non-hydrogen) atoms. The van der Waals surface area contributed by atoms with Crippen molar-refractivity contribution in [3.63, 3.8) is 0 Å². The van der Waals surface area contributed by atoms with Gasteiger partial charge in [0.05, 0.1) is 18.8 Å². The van der Waals surface area contributed by atoms with Gasteiger partial charge in [-0.15, -0.1) is 0 Å². The van der Waals surface area contributed by atoms with Gasteiger partial charge in [-0.05, 0) is 12.1 Å². The Balaban J connectivity index is 1.80. The minimum absolute atomic E-state index is 0.0158. The number of urea groups is 1. The van der Waals surface area contributed by atoms with Gasteiger partial charge in [0, 0.05) is 18.8 Å². The van der Waals surface area contributed by atoms with E-state index in [9.17, 15) is 18.0 Å². The summed E-state index contributed by atoms with van der Waals surface area (Å²) in [7, 11) is 1.48. The first-order valence-electron chi connectivity index (χ1n) is 7.23. The Bertz CT molecular complexity index is 763. The van der Waals surface area contributed by atoms with Crippen LogP contribution in [-0.4, -0.2) is 33.9 Å². The SMILES string of the molecule is Cn1cc(NC(=O)N2CCOc3cccc(F)c3C2)c(C(F)F)n1. The summed E-state index contributed by atoms with van der Waals surface area (Å²) in [6.07, 6.45) is -1.52. The first-order valence-corrected chi connectivity index (χ1v) is 7.23. The van der Waals surface area contributed by atoms with E-state index in [2.05, 4.69) is 10.4 Å². The number of nitrogens with one attached hydrogen (secondary N) is 1. The van der Waals surface area contributed by atoms with Crippen LogP contribution in [0.15, 0.2) is 24.4 Å². The lowest BCUT2D eigenvalue weighted by atomic mass is 10.2. The Morgan fingerprint density at radius 3 is 2.96 bits per heavy atom. The van der Waals surface area contributed by atoms with Crippen LogP contribution in [0.25, 0.3) is 0 Å². The molecule has 1 aromatic heterocycles. The molecule has 128 valence electrons. The van der Waals surface area contributed by atoms with E-state index in [0.717, 1.165) is 0 Å². The van der Waals surface area contributed by atoms with E-state index in [1.165, 1.54) is 35.0 Å². The monoisotopic (exact) mass is 340 g/mol. The number of hydrogen-bond acceptors (Lipinski definition) is 3. The average molecular weight is 340 g/mol. The maximum Gasteiger partial charge on any atom is 0.322 e. The fourth-order valence-electron chi connectivity index (χ4n) is 2.49. The average Bonchev–Trinajstić information content (AvgIpc) is 2.76. The third-order valence-electron chi connectivity index (χ3n) is 3.64. The first-order chi connectivity index (χ1) is 11.5. The van der Waals surface area contributed by atoms with Crippen molar-refractivity contribution in [3.05, 3.63) is 41.5 Å². The second-order valence-corrected chi connectivity index (χ2v) is 5.32. The molecule has 2 amide bonds. The summed E-state index contributed by atoms with van der Waals surface area (Å²) in [6, 6.07) is 3.80. The molecule has 0 bridgehead atoms. The Morgan fingerprint density at radius 2 is 2.21 bits per heavy atom. The maximum atomic E-state index is 13.9. The van der Waals surface area contributed by atoms with Gasteiger partial charge in [0.2, 0.25) is 0 Å². The van der Waals surface area contributed by atoms with Crippen LogP contribution in [0.5, 0.6) is 5.75 Å². The zero-order valence-electron chi connectivity index (χ0n) is 12.8. The molecular formula is C15H15F3N4O2. The van der Waals surface area contributed by atoms with Crippen LogP contribution in [0.1, 0.15) is 17.7 Å². The van der Waals surface area contributed by atoms with Crippen molar-refractivity contribution in [1.29, 1.82) is 0 Å². The van der Waals surface area contributed by atoms with Gasteiger partial charge in [0.25, 0.3) is 6.43 Å². The number of fused-ring (bicyclic) bond motifs is 1. The van der Waals surface area contributed by atoms with Crippen LogP contribution in [0.3, 0.4) is 0 Å². The fourth-order valence-corrected chi connectivity index (χ4v) is 2.49. The number of nitrogens with zero attached hydrogens (tertiary/aromatic N) is 3. The van der Waals surface area contributed by atoms with Crippen LogP contribution >= 0.6 is 0 Å². The molecule has 0 saturated heterocycles. The lowest BCUT2D eigenvalue weighted by molar-refractivity contribution is 0.146. The van der Waals surface area contributed by atoms with Crippen molar-refractivity contribution >= 4 is 11.7 Å². The zero-order chi connectivity index (χ0) is 17.3. The summed E-state index contributed by atoms with van der Waals surface area (Å²) >= 11 is 0. The standard InChI is InChI=1S/C15H15F3N4O2/c1-21-8-11(13(20-21)14(17)18)19-15(23)22-5-6-24-12-4-2-3-10(16)9(12)7-22/h2-4,8,14H,5-7H2,1H3,(H,19,23). The van der Waals surface area contributed by atoms with Gasteiger partial charge in [-0.2, -0.15) is 5.10 Å². The summed E-state index contributed by atoms with van der Waals surface area (Å²) < 4.78 is 46.4. The topological polar surface area (TPSA) is 59.4 Å². The van der Waals surface area contributed by atoms with Crippen molar-refractivity contribution in [2.75, 3.05) is 18.5 Å². The second kappa shape index (κ2) is 6.42. The molecule has 0 radical (unpaired) electrons. The van der Waals surface area contributed by atoms with Gasteiger partial charge < -0.3 is 15.0 Å². The number of aromatic nitrogens is 2. The Kier molecular flexibility index (Phi) is 4.32. The normalized spacial score (nSPS) is 14.1. The molecule has 3 rings (SSSR count). The largest absolute Gasteiger partial charge is 0.491 e. The quantitative estimate of drug-likeness (QED) is 0.914. The molecule has 0 fully saturated rings. The number of aryl methyl sites for hydroxylation is 1. The van der Waals surface area contributed by atoms with E-state index in [1.807, 2.05) is 0 Å². The number of amides is 2. The number of hydrogen-bond donors (Lipinski definition) is 1. The van der Waals surface area contributed by atoms with E-state index in [0.29, 0.717) is 5.75 Å². The number of rotatable bonds is 2. The third-order valence-corrected chi connectivity index (χ3v) is 3.64. The molecule has 1 N–H and O–H groups in total. The smallest absolute Gasteiger partial charge is 0.322 e. The lowest BCUT2D eigenvalue weighted by Gasteiger charge is -2.20. The predicted molar refractivity (Wildman–Crippen MR) is 79.5 cm³/mol. The van der Waals surface area contributed by atoms with E-state index in [-0.39, 0.29) is 30.9 Å². The number of carbonyl (C=O) groups excluding carboxylic acids is 1. The van der Waals surface area contributed by atoms with Crippen LogP contribution in [0.2, 0.25) is 0 Å². The molecular weight excluding hydrogens is 325 g/mol. The minimum atomic E-state index is -2.81. The van der Waals surface area contributed by atoms with Crippen LogP contribution in [-0.2, 0) is 13.6 Å². The van der Waals surface area contributed by atoms with E-state index < -0.39 is 24.0 Å². The summed E-state index contributed by atoms with van der Waals surface area (Å²) in [4.78, 5) is 13.7. The summed E-state index contributed by atoms with van der Waals surface area (Å²) in [6.45, 7) is 0.362. The fraction of sp³-hybridized carbons (Fsp3) is 0.333. The highest BCUT2D eigenvalue weighted by molar-refractivity contribution is 5.90. The molecule has 2 aromatic rings.